The zero-order valence-electron chi connectivity index (χ0n) is 13.5. The van der Waals surface area contributed by atoms with E-state index in [0.717, 1.165) is 12.1 Å². The maximum atomic E-state index is 13.0. The summed E-state index contributed by atoms with van der Waals surface area (Å²) in [6.07, 6.45) is -2.48. The fraction of sp³-hybridized carbons (Fsp3) is 0.412. The van der Waals surface area contributed by atoms with E-state index in [2.05, 4.69) is 5.16 Å². The molecule has 0 N–H and O–H groups in total. The summed E-state index contributed by atoms with van der Waals surface area (Å²) < 4.78 is 49.1. The second-order valence-corrected chi connectivity index (χ2v) is 5.92. The van der Waals surface area contributed by atoms with E-state index in [1.807, 2.05) is 4.90 Å². The Kier molecular flexibility index (Phi) is 4.69. The van der Waals surface area contributed by atoms with Crippen LogP contribution in [-0.4, -0.2) is 31.6 Å². The van der Waals surface area contributed by atoms with Crippen LogP contribution in [0.25, 0.3) is 0 Å². The lowest BCUT2D eigenvalue weighted by molar-refractivity contribution is -0.137. The third kappa shape index (κ3) is 3.62. The first kappa shape index (κ1) is 17.3. The molecule has 0 spiro atoms. The number of carbonyl (C=O) groups excluding carboxylic acids is 1. The Balaban J connectivity index is 1.77. The maximum Gasteiger partial charge on any atom is 0.416 e. The smallest absolute Gasteiger partial charge is 0.416 e. The molecular formula is C17H17F3N2O3. The van der Waals surface area contributed by atoms with Crippen molar-refractivity contribution in [2.24, 2.45) is 0 Å². The van der Waals surface area contributed by atoms with Crippen LogP contribution in [0.1, 0.15) is 40.4 Å². The summed E-state index contributed by atoms with van der Waals surface area (Å²) in [6, 6.07) is 4.92. The molecule has 0 atom stereocenters. The van der Waals surface area contributed by atoms with Crippen LogP contribution in [0.3, 0.4) is 0 Å². The van der Waals surface area contributed by atoms with Crippen LogP contribution in [-0.2, 0) is 6.18 Å². The molecule has 2 heterocycles. The van der Waals surface area contributed by atoms with E-state index in [1.54, 1.807) is 6.07 Å². The molecule has 0 amide bonds. The number of aromatic nitrogens is 1. The highest BCUT2D eigenvalue weighted by atomic mass is 19.4. The average molecular weight is 354 g/mol. The van der Waals surface area contributed by atoms with Crippen LogP contribution in [0.15, 0.2) is 28.8 Å². The maximum absolute atomic E-state index is 13.0. The number of anilines is 1. The molecule has 0 bridgehead atoms. The number of methoxy groups -OCH3 is 1. The van der Waals surface area contributed by atoms with Gasteiger partial charge in [-0.15, -0.1) is 0 Å². The second-order valence-electron chi connectivity index (χ2n) is 5.92. The Morgan fingerprint density at radius 3 is 2.56 bits per heavy atom. The number of piperidine rings is 1. The number of carbonyl (C=O) groups is 1. The first-order chi connectivity index (χ1) is 11.9. The summed E-state index contributed by atoms with van der Waals surface area (Å²) in [5.74, 6) is 1.23. The summed E-state index contributed by atoms with van der Waals surface area (Å²) in [4.78, 5) is 13.0. The lowest BCUT2D eigenvalue weighted by Gasteiger charge is -2.33. The van der Waals surface area contributed by atoms with E-state index in [4.69, 9.17) is 9.26 Å². The summed E-state index contributed by atoms with van der Waals surface area (Å²) in [6.45, 7) is 1.05. The van der Waals surface area contributed by atoms with Crippen molar-refractivity contribution >= 4 is 12.0 Å². The minimum absolute atomic E-state index is 0.123. The first-order valence-electron chi connectivity index (χ1n) is 7.84. The van der Waals surface area contributed by atoms with Gasteiger partial charge >= 0.3 is 6.18 Å². The van der Waals surface area contributed by atoms with E-state index < -0.39 is 11.7 Å². The van der Waals surface area contributed by atoms with Crippen molar-refractivity contribution in [1.82, 2.24) is 5.16 Å². The standard InChI is InChI=1S/C17H17F3N2O3/c1-24-16-9-15(25-21-16)11-4-6-22(7-5-11)14-8-13(17(18,19)20)3-2-12(14)10-23/h2-3,8-11H,4-7H2,1H3. The van der Waals surface area contributed by atoms with Gasteiger partial charge in [-0.1, -0.05) is 0 Å². The van der Waals surface area contributed by atoms with Crippen molar-refractivity contribution < 1.29 is 27.2 Å². The van der Waals surface area contributed by atoms with Crippen molar-refractivity contribution in [3.8, 4) is 5.88 Å². The zero-order valence-corrected chi connectivity index (χ0v) is 13.5. The van der Waals surface area contributed by atoms with E-state index in [-0.39, 0.29) is 11.5 Å². The minimum Gasteiger partial charge on any atom is -0.479 e. The molecule has 0 saturated carbocycles. The first-order valence-corrected chi connectivity index (χ1v) is 7.84. The van der Waals surface area contributed by atoms with Gasteiger partial charge in [0.15, 0.2) is 6.29 Å². The SMILES string of the molecule is COc1cc(C2CCN(c3cc(C(F)(F)F)ccc3C=O)CC2)on1. The van der Waals surface area contributed by atoms with Crippen molar-refractivity contribution in [3.05, 3.63) is 41.2 Å². The summed E-state index contributed by atoms with van der Waals surface area (Å²) in [5, 5.41) is 3.77. The summed E-state index contributed by atoms with van der Waals surface area (Å²) in [7, 11) is 1.50. The molecule has 0 radical (unpaired) electrons. The molecule has 1 saturated heterocycles. The van der Waals surface area contributed by atoms with Crippen LogP contribution in [0.4, 0.5) is 18.9 Å². The van der Waals surface area contributed by atoms with Crippen LogP contribution in [0.5, 0.6) is 5.88 Å². The van der Waals surface area contributed by atoms with Crippen LogP contribution >= 0.6 is 0 Å². The van der Waals surface area contributed by atoms with E-state index in [9.17, 15) is 18.0 Å². The Morgan fingerprint density at radius 2 is 2.00 bits per heavy atom. The molecule has 5 nitrogen and oxygen atoms in total. The molecule has 25 heavy (non-hydrogen) atoms. The third-order valence-corrected chi connectivity index (χ3v) is 4.44. The molecule has 1 aromatic heterocycles. The van der Waals surface area contributed by atoms with Gasteiger partial charge in [-0.25, -0.2) is 0 Å². The van der Waals surface area contributed by atoms with Gasteiger partial charge in [0.05, 0.1) is 12.7 Å². The molecule has 0 aliphatic carbocycles. The van der Waals surface area contributed by atoms with Gasteiger partial charge in [0, 0.05) is 36.3 Å². The van der Waals surface area contributed by atoms with Crippen molar-refractivity contribution in [2.75, 3.05) is 25.1 Å². The molecule has 134 valence electrons. The molecule has 2 aromatic rings. The predicted molar refractivity (Wildman–Crippen MR) is 84.1 cm³/mol. The highest BCUT2D eigenvalue weighted by molar-refractivity contribution is 5.85. The molecule has 1 fully saturated rings. The number of halogens is 3. The van der Waals surface area contributed by atoms with Gasteiger partial charge < -0.3 is 14.2 Å². The molecule has 3 rings (SSSR count). The number of aldehydes is 1. The van der Waals surface area contributed by atoms with Gasteiger partial charge in [0.1, 0.15) is 5.76 Å². The average Bonchev–Trinajstić information content (AvgIpc) is 3.10. The predicted octanol–water partition coefficient (Wildman–Crippen LogP) is 3.90. The Hall–Kier alpha value is -2.51. The third-order valence-electron chi connectivity index (χ3n) is 4.44. The minimum atomic E-state index is -4.44. The van der Waals surface area contributed by atoms with Crippen molar-refractivity contribution in [3.63, 3.8) is 0 Å². The molecular weight excluding hydrogens is 337 g/mol. The van der Waals surface area contributed by atoms with Crippen molar-refractivity contribution in [2.45, 2.75) is 24.9 Å². The van der Waals surface area contributed by atoms with Gasteiger partial charge in [0.2, 0.25) is 0 Å². The van der Waals surface area contributed by atoms with Crippen LogP contribution in [0, 0.1) is 0 Å². The Bertz CT molecular complexity index is 750. The van der Waals surface area contributed by atoms with Gasteiger partial charge in [-0.05, 0) is 36.2 Å². The lowest BCUT2D eigenvalue weighted by atomic mass is 9.93. The van der Waals surface area contributed by atoms with Gasteiger partial charge in [-0.2, -0.15) is 13.2 Å². The van der Waals surface area contributed by atoms with Crippen LogP contribution in [0.2, 0.25) is 0 Å². The van der Waals surface area contributed by atoms with Gasteiger partial charge in [-0.3, -0.25) is 4.79 Å². The van der Waals surface area contributed by atoms with Crippen molar-refractivity contribution in [1.29, 1.82) is 0 Å². The van der Waals surface area contributed by atoms with Gasteiger partial charge in [0.25, 0.3) is 5.88 Å². The largest absolute Gasteiger partial charge is 0.479 e. The highest BCUT2D eigenvalue weighted by Crippen LogP contribution is 2.36. The topological polar surface area (TPSA) is 55.6 Å². The number of hydrogen-bond donors (Lipinski definition) is 0. The number of ether oxygens (including phenoxy) is 1. The highest BCUT2D eigenvalue weighted by Gasteiger charge is 2.32. The number of nitrogens with zero attached hydrogens (tertiary/aromatic N) is 2. The second kappa shape index (κ2) is 6.78. The fourth-order valence-electron chi connectivity index (χ4n) is 3.06. The summed E-state index contributed by atoms with van der Waals surface area (Å²) >= 11 is 0. The van der Waals surface area contributed by atoms with E-state index in [1.165, 1.54) is 13.2 Å². The fourth-order valence-corrected chi connectivity index (χ4v) is 3.06. The normalized spacial score (nSPS) is 16.1. The van der Waals surface area contributed by atoms with Crippen LogP contribution < -0.4 is 9.64 Å². The molecule has 1 aliphatic heterocycles. The molecule has 8 heteroatoms. The monoisotopic (exact) mass is 354 g/mol. The molecule has 1 aliphatic rings. The number of hydrogen-bond acceptors (Lipinski definition) is 5. The Morgan fingerprint density at radius 1 is 1.28 bits per heavy atom. The number of alkyl halides is 3. The number of rotatable bonds is 4. The Labute approximate surface area is 142 Å². The zero-order chi connectivity index (χ0) is 18.0. The van der Waals surface area contributed by atoms with E-state index in [0.29, 0.717) is 49.5 Å². The van der Waals surface area contributed by atoms with E-state index >= 15 is 0 Å². The number of benzene rings is 1. The molecule has 1 aromatic carbocycles. The lowest BCUT2D eigenvalue weighted by Crippen LogP contribution is -2.33. The molecule has 0 unspecified atom stereocenters. The summed E-state index contributed by atoms with van der Waals surface area (Å²) in [5.41, 5.74) is -0.179. The quantitative estimate of drug-likeness (QED) is 0.780.